The number of carbonyl (C=O) groups excluding carboxylic acids is 2. The number of hydrogen-bond acceptors (Lipinski definition) is 11. The molecule has 1 fully saturated rings. The van der Waals surface area contributed by atoms with E-state index in [2.05, 4.69) is 0 Å². The van der Waals surface area contributed by atoms with Gasteiger partial charge in [-0.1, -0.05) is 12.1 Å². The number of rotatable bonds is 9. The van der Waals surface area contributed by atoms with Crippen LogP contribution in [-0.4, -0.2) is 81.7 Å². The van der Waals surface area contributed by atoms with Gasteiger partial charge < -0.3 is 44.5 Å². The molecule has 0 amide bonds. The molecule has 2 aromatic rings. The lowest BCUT2D eigenvalue weighted by Crippen LogP contribution is -2.61. The Labute approximate surface area is 201 Å². The predicted molar refractivity (Wildman–Crippen MR) is 119 cm³/mol. The summed E-state index contributed by atoms with van der Waals surface area (Å²) < 4.78 is 21.5. The van der Waals surface area contributed by atoms with Crippen molar-refractivity contribution < 1.29 is 54.1 Å². The molecule has 0 spiro atoms. The van der Waals surface area contributed by atoms with Crippen LogP contribution in [0.25, 0.3) is 0 Å². The van der Waals surface area contributed by atoms with Gasteiger partial charge >= 0.3 is 5.97 Å². The Morgan fingerprint density at radius 1 is 1.06 bits per heavy atom. The third-order valence-electron chi connectivity index (χ3n) is 5.52. The molecular weight excluding hydrogens is 464 g/mol. The van der Waals surface area contributed by atoms with Crippen LogP contribution in [0.5, 0.6) is 23.0 Å². The number of Topliss-reactive ketones (excluding diaryl/α,β-unsaturated/α-hetero) is 1. The number of benzene rings is 2. The molecular formula is C24H28O11. The third-order valence-corrected chi connectivity index (χ3v) is 5.52. The second-order valence-electron chi connectivity index (χ2n) is 8.01. The van der Waals surface area contributed by atoms with E-state index in [1.807, 2.05) is 0 Å². The number of esters is 1. The van der Waals surface area contributed by atoms with E-state index >= 15 is 0 Å². The minimum atomic E-state index is -1.66. The van der Waals surface area contributed by atoms with Crippen molar-refractivity contribution in [3.63, 3.8) is 0 Å². The molecule has 5 N–H and O–H groups in total. The van der Waals surface area contributed by atoms with E-state index in [1.165, 1.54) is 31.4 Å². The van der Waals surface area contributed by atoms with Gasteiger partial charge in [-0.2, -0.15) is 0 Å². The lowest BCUT2D eigenvalue weighted by atomic mass is 9.98. The predicted octanol–water partition coefficient (Wildman–Crippen LogP) is 0.671. The molecule has 0 saturated carbocycles. The molecule has 2 aromatic carbocycles. The van der Waals surface area contributed by atoms with Crippen LogP contribution >= 0.6 is 0 Å². The molecule has 0 unspecified atom stereocenters. The van der Waals surface area contributed by atoms with Gasteiger partial charge in [-0.3, -0.25) is 9.59 Å². The van der Waals surface area contributed by atoms with Crippen LogP contribution in [-0.2, 0) is 20.7 Å². The van der Waals surface area contributed by atoms with Crippen molar-refractivity contribution in [2.45, 2.75) is 50.5 Å². The normalized spacial score (nSPS) is 24.0. The molecule has 0 bridgehead atoms. The summed E-state index contributed by atoms with van der Waals surface area (Å²) in [5.74, 6) is -1.67. The third kappa shape index (κ3) is 6.20. The molecule has 3 rings (SSSR count). The number of aromatic hydroxyl groups is 2. The molecule has 190 valence electrons. The van der Waals surface area contributed by atoms with Gasteiger partial charge in [0.05, 0.1) is 13.7 Å². The highest BCUT2D eigenvalue weighted by Gasteiger charge is 2.48. The number of phenolic OH excluding ortho intramolecular Hbond substituents is 2. The standard InChI is InChI=1S/C24H28O11/c1-12(26)33-23-22(31)21(30)19(11-25)35-24(23)34-18-10-15(32-2)9-17(29)20(18)16(28)8-5-13-3-6-14(27)7-4-13/h3-4,6-7,9-10,19,21-25,27,29-31H,5,8,11H2,1-2H3/t19-,21-,22+,23-,24-/m1/s1. The Morgan fingerprint density at radius 3 is 2.34 bits per heavy atom. The van der Waals surface area contributed by atoms with E-state index in [9.17, 15) is 35.1 Å². The summed E-state index contributed by atoms with van der Waals surface area (Å²) in [6, 6.07) is 8.84. The van der Waals surface area contributed by atoms with Crippen LogP contribution in [0.2, 0.25) is 0 Å². The monoisotopic (exact) mass is 492 g/mol. The number of carbonyl (C=O) groups is 2. The Hall–Kier alpha value is -3.38. The van der Waals surface area contributed by atoms with E-state index in [1.54, 1.807) is 12.1 Å². The second kappa shape index (κ2) is 11.4. The highest BCUT2D eigenvalue weighted by Crippen LogP contribution is 2.37. The first-order valence-electron chi connectivity index (χ1n) is 10.8. The fourth-order valence-electron chi connectivity index (χ4n) is 3.71. The summed E-state index contributed by atoms with van der Waals surface area (Å²) >= 11 is 0. The van der Waals surface area contributed by atoms with Crippen molar-refractivity contribution in [2.75, 3.05) is 13.7 Å². The zero-order chi connectivity index (χ0) is 25.7. The number of aliphatic hydroxyl groups excluding tert-OH is 3. The summed E-state index contributed by atoms with van der Waals surface area (Å²) in [6.45, 7) is 0.413. The minimum absolute atomic E-state index is 0.0273. The Morgan fingerprint density at radius 2 is 1.74 bits per heavy atom. The van der Waals surface area contributed by atoms with Crippen LogP contribution in [0.15, 0.2) is 36.4 Å². The van der Waals surface area contributed by atoms with E-state index in [0.29, 0.717) is 6.42 Å². The molecule has 0 aromatic heterocycles. The van der Waals surface area contributed by atoms with Crippen molar-refractivity contribution in [3.05, 3.63) is 47.5 Å². The minimum Gasteiger partial charge on any atom is -0.508 e. The summed E-state index contributed by atoms with van der Waals surface area (Å²) in [6.07, 6.45) is -7.27. The largest absolute Gasteiger partial charge is 0.508 e. The number of aliphatic hydroxyl groups is 3. The maximum Gasteiger partial charge on any atom is 0.303 e. The maximum absolute atomic E-state index is 13.1. The topological polar surface area (TPSA) is 172 Å². The SMILES string of the molecule is COc1cc(O)c(C(=O)CCc2ccc(O)cc2)c(O[C@@H]2O[C@H](CO)[C@@H](O)[C@H](O)[C@H]2OC(C)=O)c1. The molecule has 1 aliphatic rings. The summed E-state index contributed by atoms with van der Waals surface area (Å²) in [7, 11) is 1.34. The number of phenols is 2. The van der Waals surface area contributed by atoms with E-state index in [0.717, 1.165) is 12.5 Å². The van der Waals surface area contributed by atoms with E-state index < -0.39 is 54.8 Å². The molecule has 5 atom stereocenters. The zero-order valence-corrected chi connectivity index (χ0v) is 19.2. The van der Waals surface area contributed by atoms with Crippen molar-refractivity contribution in [3.8, 4) is 23.0 Å². The molecule has 35 heavy (non-hydrogen) atoms. The first-order chi connectivity index (χ1) is 16.6. The number of methoxy groups -OCH3 is 1. The Bertz CT molecular complexity index is 1040. The van der Waals surface area contributed by atoms with Crippen LogP contribution in [0.3, 0.4) is 0 Å². The summed E-state index contributed by atoms with van der Waals surface area (Å²) in [5, 5.41) is 50.1. The van der Waals surface area contributed by atoms with Crippen LogP contribution < -0.4 is 9.47 Å². The molecule has 1 aliphatic heterocycles. The molecule has 0 aliphatic carbocycles. The molecule has 1 saturated heterocycles. The van der Waals surface area contributed by atoms with Gasteiger partial charge in [0, 0.05) is 25.5 Å². The van der Waals surface area contributed by atoms with Gasteiger partial charge in [-0.15, -0.1) is 0 Å². The smallest absolute Gasteiger partial charge is 0.303 e. The van der Waals surface area contributed by atoms with Crippen LogP contribution in [0, 0.1) is 0 Å². The fraction of sp³-hybridized carbons (Fsp3) is 0.417. The lowest BCUT2D eigenvalue weighted by Gasteiger charge is -2.41. The number of ether oxygens (including phenoxy) is 4. The maximum atomic E-state index is 13.1. The first-order valence-corrected chi connectivity index (χ1v) is 10.8. The van der Waals surface area contributed by atoms with Gasteiger partial charge in [-0.25, -0.2) is 0 Å². The van der Waals surface area contributed by atoms with Gasteiger partial charge in [0.15, 0.2) is 11.9 Å². The van der Waals surface area contributed by atoms with Gasteiger partial charge in [0.1, 0.15) is 46.9 Å². The lowest BCUT2D eigenvalue weighted by molar-refractivity contribution is -0.281. The van der Waals surface area contributed by atoms with E-state index in [4.69, 9.17) is 18.9 Å². The average molecular weight is 492 g/mol. The quantitative estimate of drug-likeness (QED) is 0.246. The van der Waals surface area contributed by atoms with Crippen molar-refractivity contribution >= 4 is 11.8 Å². The number of aryl methyl sites for hydroxylation is 1. The summed E-state index contributed by atoms with van der Waals surface area (Å²) in [4.78, 5) is 24.7. The van der Waals surface area contributed by atoms with Gasteiger partial charge in [-0.05, 0) is 24.1 Å². The number of ketones is 1. The highest BCUT2D eigenvalue weighted by molar-refractivity contribution is 6.01. The van der Waals surface area contributed by atoms with Crippen LogP contribution in [0.4, 0.5) is 0 Å². The Balaban J connectivity index is 1.91. The van der Waals surface area contributed by atoms with Gasteiger partial charge in [0.25, 0.3) is 0 Å². The van der Waals surface area contributed by atoms with Crippen molar-refractivity contribution in [2.24, 2.45) is 0 Å². The molecule has 11 nitrogen and oxygen atoms in total. The zero-order valence-electron chi connectivity index (χ0n) is 19.2. The van der Waals surface area contributed by atoms with Gasteiger partial charge in [0.2, 0.25) is 6.29 Å². The van der Waals surface area contributed by atoms with E-state index in [-0.39, 0.29) is 29.2 Å². The first kappa shape index (κ1) is 26.2. The van der Waals surface area contributed by atoms with Crippen LogP contribution in [0.1, 0.15) is 29.3 Å². The fourth-order valence-corrected chi connectivity index (χ4v) is 3.71. The summed E-state index contributed by atoms with van der Waals surface area (Å²) in [5.41, 5.74) is 0.580. The molecule has 11 heteroatoms. The number of hydrogen-bond donors (Lipinski definition) is 5. The van der Waals surface area contributed by atoms with Crippen molar-refractivity contribution in [1.82, 2.24) is 0 Å². The molecule has 0 radical (unpaired) electrons. The second-order valence-corrected chi connectivity index (χ2v) is 8.01. The van der Waals surface area contributed by atoms with Crippen molar-refractivity contribution in [1.29, 1.82) is 0 Å². The average Bonchev–Trinajstić information content (AvgIpc) is 2.82. The Kier molecular flexibility index (Phi) is 8.52. The molecule has 1 heterocycles. The highest BCUT2D eigenvalue weighted by atomic mass is 16.7.